The second-order valence-corrected chi connectivity index (χ2v) is 2.74. The summed E-state index contributed by atoms with van der Waals surface area (Å²) in [6.07, 6.45) is -2.05. The number of nitrogens with zero attached hydrogens (tertiary/aromatic N) is 1. The molecular formula is C6H12NO4+. The molecule has 11 heavy (non-hydrogen) atoms. The van der Waals surface area contributed by atoms with Gasteiger partial charge in [0.15, 0.2) is 12.2 Å². The van der Waals surface area contributed by atoms with Crippen LogP contribution >= 0.6 is 0 Å². The Labute approximate surface area is 63.8 Å². The topological polar surface area (TPSA) is 83.9 Å². The van der Waals surface area contributed by atoms with Gasteiger partial charge in [-0.3, -0.25) is 5.21 Å². The van der Waals surface area contributed by atoms with Crippen molar-refractivity contribution in [2.24, 2.45) is 0 Å². The summed E-state index contributed by atoms with van der Waals surface area (Å²) in [5, 5.41) is 36.1. The van der Waals surface area contributed by atoms with Gasteiger partial charge in [0.25, 0.3) is 6.04 Å². The maximum Gasteiger partial charge on any atom is 0.255 e. The molecule has 0 bridgehead atoms. The molecule has 0 aromatic heterocycles. The Balaban J connectivity index is 2.74. The SMILES string of the molecule is C[C@@H](O)[C@@H]1[C@H](O)[C@@H](O)C=[N+]1O. The summed E-state index contributed by atoms with van der Waals surface area (Å²) in [5.41, 5.74) is 0. The van der Waals surface area contributed by atoms with E-state index >= 15 is 0 Å². The number of aliphatic hydroxyl groups is 3. The molecule has 0 saturated carbocycles. The summed E-state index contributed by atoms with van der Waals surface area (Å²) in [7, 11) is 0. The Morgan fingerprint density at radius 3 is 2.18 bits per heavy atom. The third kappa shape index (κ3) is 1.35. The predicted molar refractivity (Wildman–Crippen MR) is 35.6 cm³/mol. The maximum absolute atomic E-state index is 9.16. The average molecular weight is 162 g/mol. The van der Waals surface area contributed by atoms with Crippen LogP contribution in [0.25, 0.3) is 0 Å². The van der Waals surface area contributed by atoms with Gasteiger partial charge < -0.3 is 15.3 Å². The van der Waals surface area contributed by atoms with Crippen LogP contribution in [0.5, 0.6) is 0 Å². The van der Waals surface area contributed by atoms with Gasteiger partial charge in [0.1, 0.15) is 6.10 Å². The highest BCUT2D eigenvalue weighted by atomic mass is 16.5. The number of rotatable bonds is 1. The Morgan fingerprint density at radius 1 is 1.45 bits per heavy atom. The fourth-order valence-electron chi connectivity index (χ4n) is 1.21. The molecule has 0 amide bonds. The highest BCUT2D eigenvalue weighted by Crippen LogP contribution is 2.12. The first-order valence-corrected chi connectivity index (χ1v) is 3.40. The average Bonchev–Trinajstić information content (AvgIpc) is 2.07. The van der Waals surface area contributed by atoms with Gasteiger partial charge in [-0.05, 0) is 11.7 Å². The lowest BCUT2D eigenvalue weighted by atomic mass is 10.1. The Morgan fingerprint density at radius 2 is 2.00 bits per heavy atom. The van der Waals surface area contributed by atoms with Crippen LogP contribution in [0.3, 0.4) is 0 Å². The van der Waals surface area contributed by atoms with Crippen molar-refractivity contribution >= 4 is 6.21 Å². The molecule has 0 aliphatic carbocycles. The summed E-state index contributed by atoms with van der Waals surface area (Å²) < 4.78 is 0.639. The summed E-state index contributed by atoms with van der Waals surface area (Å²) >= 11 is 0. The lowest BCUT2D eigenvalue weighted by molar-refractivity contribution is -0.798. The Kier molecular flexibility index (Phi) is 2.12. The van der Waals surface area contributed by atoms with Gasteiger partial charge >= 0.3 is 0 Å². The molecule has 0 spiro atoms. The molecule has 1 aliphatic rings. The van der Waals surface area contributed by atoms with Crippen molar-refractivity contribution in [3.63, 3.8) is 0 Å². The molecule has 5 nitrogen and oxygen atoms in total. The van der Waals surface area contributed by atoms with Crippen LogP contribution in [-0.4, -0.2) is 55.8 Å². The van der Waals surface area contributed by atoms with Crippen molar-refractivity contribution in [3.8, 4) is 0 Å². The van der Waals surface area contributed by atoms with Gasteiger partial charge in [-0.25, -0.2) is 0 Å². The zero-order chi connectivity index (χ0) is 8.59. The van der Waals surface area contributed by atoms with Gasteiger partial charge in [-0.1, -0.05) is 0 Å². The Hall–Kier alpha value is -0.650. The quantitative estimate of drug-likeness (QED) is 0.264. The molecule has 5 heteroatoms. The van der Waals surface area contributed by atoms with Crippen molar-refractivity contribution in [2.75, 3.05) is 0 Å². The van der Waals surface area contributed by atoms with E-state index in [-0.39, 0.29) is 0 Å². The van der Waals surface area contributed by atoms with Crippen LogP contribution in [-0.2, 0) is 0 Å². The van der Waals surface area contributed by atoms with E-state index in [1.54, 1.807) is 0 Å². The molecule has 0 unspecified atom stereocenters. The molecule has 0 radical (unpaired) electrons. The molecule has 4 atom stereocenters. The van der Waals surface area contributed by atoms with Gasteiger partial charge in [-0.15, -0.1) is 0 Å². The van der Waals surface area contributed by atoms with E-state index in [0.717, 1.165) is 6.21 Å². The van der Waals surface area contributed by atoms with Crippen LogP contribution < -0.4 is 0 Å². The molecule has 0 fully saturated rings. The van der Waals surface area contributed by atoms with E-state index in [9.17, 15) is 0 Å². The van der Waals surface area contributed by atoms with Crippen LogP contribution in [0.2, 0.25) is 0 Å². The third-order valence-electron chi connectivity index (χ3n) is 1.81. The molecule has 0 saturated heterocycles. The molecule has 0 aromatic carbocycles. The first-order valence-electron chi connectivity index (χ1n) is 3.40. The second-order valence-electron chi connectivity index (χ2n) is 2.74. The lowest BCUT2D eigenvalue weighted by Gasteiger charge is -2.12. The van der Waals surface area contributed by atoms with Crippen molar-refractivity contribution in [1.82, 2.24) is 0 Å². The lowest BCUT2D eigenvalue weighted by Crippen LogP contribution is -2.42. The van der Waals surface area contributed by atoms with Crippen molar-refractivity contribution in [2.45, 2.75) is 31.3 Å². The summed E-state index contributed by atoms with van der Waals surface area (Å²) in [4.78, 5) is 0. The monoisotopic (exact) mass is 162 g/mol. The van der Waals surface area contributed by atoms with E-state index in [4.69, 9.17) is 20.5 Å². The van der Waals surface area contributed by atoms with Crippen LogP contribution in [0.4, 0.5) is 0 Å². The normalized spacial score (nSPS) is 40.4. The summed E-state index contributed by atoms with van der Waals surface area (Å²) in [5.74, 6) is 0. The number of hydrogen-bond acceptors (Lipinski definition) is 4. The molecule has 64 valence electrons. The fraction of sp³-hybridized carbons (Fsp3) is 0.833. The zero-order valence-electron chi connectivity index (χ0n) is 6.12. The van der Waals surface area contributed by atoms with Gasteiger partial charge in [0.2, 0.25) is 6.21 Å². The minimum absolute atomic E-state index is 0.639. The van der Waals surface area contributed by atoms with E-state index in [1.165, 1.54) is 6.92 Å². The van der Waals surface area contributed by atoms with E-state index in [2.05, 4.69) is 0 Å². The number of aliphatic hydroxyl groups excluding tert-OH is 3. The molecule has 1 heterocycles. The summed E-state index contributed by atoms with van der Waals surface area (Å²) in [6, 6.07) is -0.829. The molecular weight excluding hydrogens is 150 g/mol. The molecule has 1 aliphatic heterocycles. The first kappa shape index (κ1) is 8.45. The Bertz CT molecular complexity index is 179. The summed E-state index contributed by atoms with van der Waals surface area (Å²) in [6.45, 7) is 1.43. The highest BCUT2D eigenvalue weighted by Gasteiger charge is 2.46. The van der Waals surface area contributed by atoms with E-state index < -0.39 is 24.4 Å². The van der Waals surface area contributed by atoms with Gasteiger partial charge in [-0.2, -0.15) is 0 Å². The van der Waals surface area contributed by atoms with Crippen molar-refractivity contribution < 1.29 is 25.3 Å². The van der Waals surface area contributed by atoms with Crippen LogP contribution in [0.1, 0.15) is 6.92 Å². The van der Waals surface area contributed by atoms with Crippen molar-refractivity contribution in [3.05, 3.63) is 0 Å². The smallest absolute Gasteiger partial charge is 0.255 e. The molecule has 0 aromatic rings. The van der Waals surface area contributed by atoms with E-state index in [1.807, 2.05) is 0 Å². The largest absolute Gasteiger partial charge is 0.386 e. The van der Waals surface area contributed by atoms with Gasteiger partial charge in [0, 0.05) is 0 Å². The van der Waals surface area contributed by atoms with Crippen molar-refractivity contribution in [1.29, 1.82) is 0 Å². The second kappa shape index (κ2) is 2.77. The minimum Gasteiger partial charge on any atom is -0.386 e. The first-order chi connectivity index (χ1) is 5.04. The maximum atomic E-state index is 9.16. The van der Waals surface area contributed by atoms with E-state index in [0.29, 0.717) is 4.74 Å². The fourth-order valence-corrected chi connectivity index (χ4v) is 1.21. The molecule has 4 N–H and O–H groups in total. The third-order valence-corrected chi connectivity index (χ3v) is 1.81. The molecule has 1 rings (SSSR count). The zero-order valence-corrected chi connectivity index (χ0v) is 6.12. The number of hydrogen-bond donors (Lipinski definition) is 4. The predicted octanol–water partition coefficient (Wildman–Crippen LogP) is -2.06. The number of hydroxylamine groups is 1. The highest BCUT2D eigenvalue weighted by molar-refractivity contribution is 5.60. The van der Waals surface area contributed by atoms with Crippen LogP contribution in [0, 0.1) is 0 Å². The van der Waals surface area contributed by atoms with Crippen LogP contribution in [0.15, 0.2) is 0 Å². The van der Waals surface area contributed by atoms with Gasteiger partial charge in [0.05, 0.1) is 0 Å². The standard InChI is InChI=1S/C6H12NO4/c1-3(8)5-6(10)4(9)2-7(5)11/h2-6,8-11H,1H3/q+1/t3-,4+,5-,6-/m1/s1. The minimum atomic E-state index is -1.12.